The summed E-state index contributed by atoms with van der Waals surface area (Å²) in [7, 11) is 0. The maximum atomic E-state index is 12.0. The second kappa shape index (κ2) is 9.50. The number of nitrogens with zero attached hydrogens (tertiary/aromatic N) is 7. The zero-order chi connectivity index (χ0) is 23.5. The van der Waals surface area contributed by atoms with E-state index in [4.69, 9.17) is 24.1 Å². The van der Waals surface area contributed by atoms with Crippen LogP contribution in [0.15, 0.2) is 36.9 Å². The fourth-order valence-electron chi connectivity index (χ4n) is 3.87. The van der Waals surface area contributed by atoms with Crippen molar-refractivity contribution in [3.63, 3.8) is 0 Å². The van der Waals surface area contributed by atoms with Crippen LogP contribution >= 0.6 is 0 Å². The maximum Gasteiger partial charge on any atom is 0.341 e. The van der Waals surface area contributed by atoms with Crippen molar-refractivity contribution in [2.45, 2.75) is 24.3 Å². The second-order valence-electron chi connectivity index (χ2n) is 7.57. The van der Waals surface area contributed by atoms with Crippen molar-refractivity contribution in [1.29, 1.82) is 0 Å². The number of carbonyl (C=O) groups is 2. The van der Waals surface area contributed by atoms with Gasteiger partial charge in [-0.15, -0.1) is 0 Å². The third-order valence-corrected chi connectivity index (χ3v) is 5.34. The van der Waals surface area contributed by atoms with Crippen LogP contribution in [0.2, 0.25) is 0 Å². The third-order valence-electron chi connectivity index (χ3n) is 5.34. The fourth-order valence-corrected chi connectivity index (χ4v) is 3.87. The number of carboxylic acid groups (broad SMARTS) is 1. The van der Waals surface area contributed by atoms with Gasteiger partial charge in [0.1, 0.15) is 49.9 Å². The molecule has 3 aromatic rings. The molecule has 2 aromatic heterocycles. The standard InChI is InChI=1S/C19H20N8O7/c28-15(7-31-8-16(29)30)22-13-5-32-18-14(6-33-17(13)18)27-19(23-24-25-27)34-12-3-1-11(2-4-12)26-10-20-9-21-26/h1-4,9-10,13-14,17-18H,5-8H2,(H,22,28)(H,29,30)/t13-,14-,17+,18+/m0/s1. The lowest BCUT2D eigenvalue weighted by atomic mass is 10.1. The summed E-state index contributed by atoms with van der Waals surface area (Å²) in [6.07, 6.45) is 2.20. The molecule has 4 atom stereocenters. The van der Waals surface area contributed by atoms with Crippen LogP contribution in [-0.4, -0.2) is 96.6 Å². The van der Waals surface area contributed by atoms with Crippen molar-refractivity contribution in [1.82, 2.24) is 40.3 Å². The number of benzene rings is 1. The summed E-state index contributed by atoms with van der Waals surface area (Å²) in [6.45, 7) is -0.447. The number of hydrogen-bond acceptors (Lipinski definition) is 11. The van der Waals surface area contributed by atoms with Gasteiger partial charge in [0, 0.05) is 0 Å². The van der Waals surface area contributed by atoms with Crippen LogP contribution in [-0.2, 0) is 23.8 Å². The Bertz CT molecular complexity index is 1140. The highest BCUT2D eigenvalue weighted by Crippen LogP contribution is 2.36. The van der Waals surface area contributed by atoms with Gasteiger partial charge in [0.15, 0.2) is 0 Å². The summed E-state index contributed by atoms with van der Waals surface area (Å²) < 4.78 is 25.5. The molecular weight excluding hydrogens is 452 g/mol. The Hall–Kier alpha value is -3.95. The summed E-state index contributed by atoms with van der Waals surface area (Å²) in [6, 6.07) is 6.54. The summed E-state index contributed by atoms with van der Waals surface area (Å²) >= 11 is 0. The van der Waals surface area contributed by atoms with Gasteiger partial charge in [0.25, 0.3) is 0 Å². The number of nitrogens with one attached hydrogen (secondary N) is 1. The summed E-state index contributed by atoms with van der Waals surface area (Å²) in [5.74, 6) is -1.08. The molecule has 5 rings (SSSR count). The van der Waals surface area contributed by atoms with Crippen molar-refractivity contribution in [3.05, 3.63) is 36.9 Å². The first-order chi connectivity index (χ1) is 16.6. The van der Waals surface area contributed by atoms with Crippen molar-refractivity contribution in [3.8, 4) is 17.4 Å². The number of aliphatic carboxylic acids is 1. The Balaban J connectivity index is 1.21. The van der Waals surface area contributed by atoms with Crippen molar-refractivity contribution in [2.24, 2.45) is 0 Å². The van der Waals surface area contributed by atoms with E-state index in [0.717, 1.165) is 5.69 Å². The van der Waals surface area contributed by atoms with Crippen LogP contribution in [0.4, 0.5) is 0 Å². The minimum atomic E-state index is -1.15. The largest absolute Gasteiger partial charge is 0.480 e. The van der Waals surface area contributed by atoms with Gasteiger partial charge in [0.05, 0.1) is 24.9 Å². The van der Waals surface area contributed by atoms with E-state index in [9.17, 15) is 9.59 Å². The summed E-state index contributed by atoms with van der Waals surface area (Å²) in [5, 5.41) is 27.1. The van der Waals surface area contributed by atoms with E-state index in [-0.39, 0.29) is 31.9 Å². The Morgan fingerprint density at radius 2 is 1.97 bits per heavy atom. The van der Waals surface area contributed by atoms with Crippen LogP contribution in [0.25, 0.3) is 5.69 Å². The van der Waals surface area contributed by atoms with Gasteiger partial charge in [-0.3, -0.25) is 4.79 Å². The molecule has 178 valence electrons. The smallest absolute Gasteiger partial charge is 0.341 e. The van der Waals surface area contributed by atoms with Crippen LogP contribution in [0.3, 0.4) is 0 Å². The van der Waals surface area contributed by atoms with Gasteiger partial charge in [-0.2, -0.15) is 9.78 Å². The molecule has 0 unspecified atom stereocenters. The molecule has 2 aliphatic heterocycles. The molecule has 2 N–H and O–H groups in total. The number of hydrogen-bond donors (Lipinski definition) is 2. The molecule has 15 heteroatoms. The highest BCUT2D eigenvalue weighted by Gasteiger charge is 2.50. The van der Waals surface area contributed by atoms with E-state index in [0.29, 0.717) is 5.75 Å². The molecule has 34 heavy (non-hydrogen) atoms. The molecular formula is C19H20N8O7. The van der Waals surface area contributed by atoms with E-state index in [1.54, 1.807) is 23.1 Å². The number of carboxylic acids is 1. The van der Waals surface area contributed by atoms with Gasteiger partial charge in [-0.1, -0.05) is 5.10 Å². The van der Waals surface area contributed by atoms with Crippen LogP contribution in [0.1, 0.15) is 6.04 Å². The lowest BCUT2D eigenvalue weighted by molar-refractivity contribution is -0.143. The molecule has 0 radical (unpaired) electrons. The Labute approximate surface area is 191 Å². The fraction of sp³-hybridized carbons (Fsp3) is 0.421. The molecule has 0 bridgehead atoms. The quantitative estimate of drug-likeness (QED) is 0.387. The minimum Gasteiger partial charge on any atom is -0.480 e. The first-order valence-electron chi connectivity index (χ1n) is 10.3. The van der Waals surface area contributed by atoms with Crippen LogP contribution < -0.4 is 10.1 Å². The molecule has 15 nitrogen and oxygen atoms in total. The molecule has 0 spiro atoms. The average molecular weight is 472 g/mol. The van der Waals surface area contributed by atoms with Crippen LogP contribution in [0.5, 0.6) is 11.8 Å². The predicted molar refractivity (Wildman–Crippen MR) is 108 cm³/mol. The third kappa shape index (κ3) is 4.57. The SMILES string of the molecule is O=C(O)COCC(=O)N[C@H]1CO[C@H]2[C@@H]1OC[C@@H]2n1nnnc1Oc1ccc(-n2cncn2)cc1. The maximum absolute atomic E-state index is 12.0. The molecule has 2 fully saturated rings. The Kier molecular flexibility index (Phi) is 6.11. The number of carbonyl (C=O) groups excluding carboxylic acids is 1. The molecule has 1 amide bonds. The number of rotatable bonds is 9. The Morgan fingerprint density at radius 1 is 1.15 bits per heavy atom. The topological polar surface area (TPSA) is 178 Å². The molecule has 2 aliphatic rings. The number of ether oxygens (including phenoxy) is 4. The number of fused-ring (bicyclic) bond motifs is 1. The lowest BCUT2D eigenvalue weighted by Gasteiger charge is -2.18. The highest BCUT2D eigenvalue weighted by molar-refractivity contribution is 5.78. The summed E-state index contributed by atoms with van der Waals surface area (Å²) in [4.78, 5) is 26.4. The van der Waals surface area contributed by atoms with Gasteiger partial charge in [0.2, 0.25) is 5.91 Å². The number of tetrazole rings is 1. The van der Waals surface area contributed by atoms with E-state index < -0.39 is 36.7 Å². The minimum absolute atomic E-state index is 0.168. The first kappa shape index (κ1) is 21.9. The normalized spacial score (nSPS) is 23.5. The van der Waals surface area contributed by atoms with Crippen molar-refractivity contribution < 1.29 is 33.6 Å². The number of amides is 1. The molecule has 0 aliphatic carbocycles. The first-order valence-corrected chi connectivity index (χ1v) is 10.3. The summed E-state index contributed by atoms with van der Waals surface area (Å²) in [5.41, 5.74) is 0.817. The highest BCUT2D eigenvalue weighted by atomic mass is 16.6. The van der Waals surface area contributed by atoms with E-state index in [1.165, 1.54) is 11.0 Å². The predicted octanol–water partition coefficient (Wildman–Crippen LogP) is -1.03. The van der Waals surface area contributed by atoms with Gasteiger partial charge < -0.3 is 29.4 Å². The van der Waals surface area contributed by atoms with Crippen LogP contribution in [0, 0.1) is 0 Å². The Morgan fingerprint density at radius 3 is 2.74 bits per heavy atom. The van der Waals surface area contributed by atoms with Gasteiger partial charge in [-0.25, -0.2) is 14.5 Å². The van der Waals surface area contributed by atoms with Crippen molar-refractivity contribution in [2.75, 3.05) is 26.4 Å². The molecule has 0 saturated carbocycles. The van der Waals surface area contributed by atoms with Gasteiger partial charge in [-0.05, 0) is 34.7 Å². The second-order valence-corrected chi connectivity index (χ2v) is 7.57. The van der Waals surface area contributed by atoms with Gasteiger partial charge >= 0.3 is 12.0 Å². The monoisotopic (exact) mass is 472 g/mol. The zero-order valence-corrected chi connectivity index (χ0v) is 17.6. The zero-order valence-electron chi connectivity index (χ0n) is 17.6. The van der Waals surface area contributed by atoms with E-state index in [1.807, 2.05) is 12.1 Å². The molecule has 1 aromatic carbocycles. The van der Waals surface area contributed by atoms with Crippen molar-refractivity contribution >= 4 is 11.9 Å². The average Bonchev–Trinajstić information content (AvgIpc) is 3.61. The van der Waals surface area contributed by atoms with E-state index >= 15 is 0 Å². The van der Waals surface area contributed by atoms with E-state index in [2.05, 4.69) is 30.9 Å². The molecule has 4 heterocycles. The lowest BCUT2D eigenvalue weighted by Crippen LogP contribution is -2.45. The molecule has 2 saturated heterocycles. The number of aromatic nitrogens is 7.